The van der Waals surface area contributed by atoms with Crippen LogP contribution in [0.15, 0.2) is 18.2 Å². The highest BCUT2D eigenvalue weighted by Gasteiger charge is 2.23. The Labute approximate surface area is 94.6 Å². The fraction of sp³-hybridized carbons (Fsp3) is 0.364. The number of nitrogens with zero attached hydrogens (tertiary/aromatic N) is 1. The monoisotopic (exact) mass is 223 g/mol. The molecule has 0 saturated carbocycles. The second-order valence-corrected chi connectivity index (χ2v) is 4.37. The SMILES string of the molecule is CC(C)c1ccc2c(c1)C(=O)N(S)CO2. The molecule has 1 amide bonds. The van der Waals surface area contributed by atoms with Gasteiger partial charge in [0.25, 0.3) is 5.91 Å². The van der Waals surface area contributed by atoms with Crippen LogP contribution in [-0.2, 0) is 0 Å². The molecular formula is C11H13NO2S. The van der Waals surface area contributed by atoms with Crippen molar-refractivity contribution >= 4 is 18.7 Å². The van der Waals surface area contributed by atoms with Gasteiger partial charge in [-0.3, -0.25) is 4.79 Å². The van der Waals surface area contributed by atoms with Gasteiger partial charge in [-0.1, -0.05) is 32.7 Å². The van der Waals surface area contributed by atoms with Crippen molar-refractivity contribution in [2.75, 3.05) is 6.73 Å². The first-order valence-electron chi connectivity index (χ1n) is 4.87. The third-order valence-corrected chi connectivity index (χ3v) is 2.77. The van der Waals surface area contributed by atoms with Gasteiger partial charge in [0.15, 0.2) is 6.73 Å². The van der Waals surface area contributed by atoms with E-state index in [1.165, 1.54) is 4.31 Å². The van der Waals surface area contributed by atoms with Gasteiger partial charge in [0, 0.05) is 0 Å². The number of hydrogen-bond donors (Lipinski definition) is 1. The summed E-state index contributed by atoms with van der Waals surface area (Å²) in [6.45, 7) is 4.39. The van der Waals surface area contributed by atoms with Gasteiger partial charge in [-0.2, -0.15) is 0 Å². The van der Waals surface area contributed by atoms with Crippen LogP contribution in [0.5, 0.6) is 5.75 Å². The lowest BCUT2D eigenvalue weighted by Gasteiger charge is -2.24. The maximum atomic E-state index is 11.8. The van der Waals surface area contributed by atoms with Crippen molar-refractivity contribution in [1.82, 2.24) is 4.31 Å². The van der Waals surface area contributed by atoms with Gasteiger partial charge < -0.3 is 4.74 Å². The zero-order valence-electron chi connectivity index (χ0n) is 8.73. The molecular weight excluding hydrogens is 210 g/mol. The first-order chi connectivity index (χ1) is 7.09. The summed E-state index contributed by atoms with van der Waals surface area (Å²) in [4.78, 5) is 11.8. The van der Waals surface area contributed by atoms with Crippen LogP contribution in [0.2, 0.25) is 0 Å². The number of thiol groups is 1. The topological polar surface area (TPSA) is 29.5 Å². The smallest absolute Gasteiger partial charge is 0.270 e. The van der Waals surface area contributed by atoms with E-state index in [0.717, 1.165) is 5.56 Å². The van der Waals surface area contributed by atoms with Crippen LogP contribution in [-0.4, -0.2) is 16.9 Å². The summed E-state index contributed by atoms with van der Waals surface area (Å²) in [6.07, 6.45) is 0. The molecule has 15 heavy (non-hydrogen) atoms. The lowest BCUT2D eigenvalue weighted by molar-refractivity contribution is 0.0743. The van der Waals surface area contributed by atoms with E-state index in [2.05, 4.69) is 26.7 Å². The van der Waals surface area contributed by atoms with Crippen molar-refractivity contribution in [3.63, 3.8) is 0 Å². The van der Waals surface area contributed by atoms with Crippen LogP contribution in [0, 0.1) is 0 Å². The summed E-state index contributed by atoms with van der Waals surface area (Å²) < 4.78 is 6.64. The van der Waals surface area contributed by atoms with Crippen LogP contribution in [0.3, 0.4) is 0 Å². The highest BCUT2D eigenvalue weighted by molar-refractivity contribution is 7.78. The lowest BCUT2D eigenvalue weighted by Crippen LogP contribution is -2.31. The van der Waals surface area contributed by atoms with Crippen molar-refractivity contribution in [3.05, 3.63) is 29.3 Å². The van der Waals surface area contributed by atoms with E-state index in [1.54, 1.807) is 0 Å². The molecule has 0 aromatic heterocycles. The van der Waals surface area contributed by atoms with Crippen LogP contribution in [0.4, 0.5) is 0 Å². The second-order valence-electron chi connectivity index (χ2n) is 3.89. The number of amides is 1. The predicted molar refractivity (Wildman–Crippen MR) is 61.2 cm³/mol. The minimum absolute atomic E-state index is 0.0953. The Kier molecular flexibility index (Phi) is 2.61. The highest BCUT2D eigenvalue weighted by Crippen LogP contribution is 2.28. The zero-order valence-corrected chi connectivity index (χ0v) is 9.62. The zero-order chi connectivity index (χ0) is 11.0. The van der Waals surface area contributed by atoms with E-state index < -0.39 is 0 Å². The van der Waals surface area contributed by atoms with E-state index in [0.29, 0.717) is 17.2 Å². The fourth-order valence-corrected chi connectivity index (χ4v) is 1.69. The molecule has 3 nitrogen and oxygen atoms in total. The van der Waals surface area contributed by atoms with E-state index in [9.17, 15) is 4.79 Å². The molecule has 0 atom stereocenters. The Morgan fingerprint density at radius 1 is 1.47 bits per heavy atom. The summed E-state index contributed by atoms with van der Waals surface area (Å²) in [5.41, 5.74) is 1.73. The van der Waals surface area contributed by atoms with Crippen LogP contribution >= 0.6 is 12.8 Å². The summed E-state index contributed by atoms with van der Waals surface area (Å²) in [7, 11) is 0. The number of hydrogen-bond acceptors (Lipinski definition) is 3. The Balaban J connectivity index is 2.46. The number of ether oxygens (including phenoxy) is 1. The summed E-state index contributed by atoms with van der Waals surface area (Å²) in [5.74, 6) is 0.954. The highest BCUT2D eigenvalue weighted by atomic mass is 32.1. The average Bonchev–Trinajstić information content (AvgIpc) is 2.23. The van der Waals surface area contributed by atoms with Gasteiger partial charge in [0.1, 0.15) is 5.75 Å². The van der Waals surface area contributed by atoms with Crippen molar-refractivity contribution in [2.45, 2.75) is 19.8 Å². The fourth-order valence-electron chi connectivity index (χ4n) is 1.53. The quantitative estimate of drug-likeness (QED) is 0.741. The predicted octanol–water partition coefficient (Wildman–Crippen LogP) is 2.45. The number of benzene rings is 1. The number of fused-ring (bicyclic) bond motifs is 1. The largest absolute Gasteiger partial charge is 0.471 e. The van der Waals surface area contributed by atoms with E-state index in [4.69, 9.17) is 4.74 Å². The molecule has 0 spiro atoms. The first kappa shape index (κ1) is 10.4. The van der Waals surface area contributed by atoms with Crippen molar-refractivity contribution in [3.8, 4) is 5.75 Å². The van der Waals surface area contributed by atoms with Crippen LogP contribution in [0.1, 0.15) is 35.7 Å². The second kappa shape index (κ2) is 3.77. The van der Waals surface area contributed by atoms with Crippen LogP contribution < -0.4 is 4.74 Å². The Hall–Kier alpha value is -1.16. The molecule has 1 aromatic rings. The minimum Gasteiger partial charge on any atom is -0.471 e. The van der Waals surface area contributed by atoms with Gasteiger partial charge in [0.05, 0.1) is 5.56 Å². The summed E-state index contributed by atoms with van der Waals surface area (Å²) in [5, 5.41) is 0. The molecule has 1 heterocycles. The van der Waals surface area contributed by atoms with Gasteiger partial charge in [-0.25, -0.2) is 4.31 Å². The lowest BCUT2D eigenvalue weighted by atomic mass is 9.99. The molecule has 0 saturated heterocycles. The molecule has 1 aromatic carbocycles. The average molecular weight is 223 g/mol. The molecule has 0 radical (unpaired) electrons. The maximum absolute atomic E-state index is 11.8. The molecule has 0 N–H and O–H groups in total. The van der Waals surface area contributed by atoms with E-state index in [-0.39, 0.29) is 12.6 Å². The van der Waals surface area contributed by atoms with Gasteiger partial charge in [-0.15, -0.1) is 0 Å². The molecule has 1 aliphatic heterocycles. The molecule has 0 fully saturated rings. The summed E-state index contributed by atoms with van der Waals surface area (Å²) >= 11 is 4.03. The van der Waals surface area contributed by atoms with Gasteiger partial charge >= 0.3 is 0 Å². The maximum Gasteiger partial charge on any atom is 0.270 e. The molecule has 4 heteroatoms. The third kappa shape index (κ3) is 1.81. The molecule has 0 bridgehead atoms. The normalized spacial score (nSPS) is 15.2. The molecule has 0 aliphatic carbocycles. The van der Waals surface area contributed by atoms with Crippen molar-refractivity contribution in [2.24, 2.45) is 0 Å². The summed E-state index contributed by atoms with van der Waals surface area (Å²) in [6, 6.07) is 5.72. The van der Waals surface area contributed by atoms with Gasteiger partial charge in [0.2, 0.25) is 0 Å². The van der Waals surface area contributed by atoms with Crippen molar-refractivity contribution in [1.29, 1.82) is 0 Å². The first-order valence-corrected chi connectivity index (χ1v) is 5.27. The standard InChI is InChI=1S/C11H13NO2S/c1-7(2)8-3-4-10-9(5-8)11(13)12(15)6-14-10/h3-5,7,15H,6H2,1-2H3. The number of rotatable bonds is 1. The van der Waals surface area contributed by atoms with Gasteiger partial charge in [-0.05, 0) is 23.6 Å². The van der Waals surface area contributed by atoms with Crippen molar-refractivity contribution < 1.29 is 9.53 Å². The number of carbonyl (C=O) groups excluding carboxylic acids is 1. The molecule has 2 rings (SSSR count). The Morgan fingerprint density at radius 2 is 2.20 bits per heavy atom. The molecule has 0 unspecified atom stereocenters. The third-order valence-electron chi connectivity index (χ3n) is 2.48. The minimum atomic E-state index is -0.0953. The molecule has 1 aliphatic rings. The van der Waals surface area contributed by atoms with E-state index >= 15 is 0 Å². The number of carbonyl (C=O) groups is 1. The Morgan fingerprint density at radius 3 is 2.87 bits per heavy atom. The van der Waals surface area contributed by atoms with E-state index in [1.807, 2.05) is 18.2 Å². The Bertz CT molecular complexity index is 404. The molecule has 80 valence electrons. The van der Waals surface area contributed by atoms with Crippen LogP contribution in [0.25, 0.3) is 0 Å².